The Morgan fingerprint density at radius 3 is 3.00 bits per heavy atom. The van der Waals surface area contributed by atoms with Crippen LogP contribution >= 0.6 is 15.9 Å². The van der Waals surface area contributed by atoms with Gasteiger partial charge in [0.15, 0.2) is 0 Å². The first-order valence-electron chi connectivity index (χ1n) is 4.71. The summed E-state index contributed by atoms with van der Waals surface area (Å²) < 4.78 is 0. The molecule has 15 heavy (non-hydrogen) atoms. The highest BCUT2D eigenvalue weighted by Crippen LogP contribution is 2.38. The first kappa shape index (κ1) is 10.6. The van der Waals surface area contributed by atoms with Crippen molar-refractivity contribution in [1.29, 1.82) is 0 Å². The SMILES string of the molecule is CN1CCc2cccc([N+](=O)[O-])c2C1Br. The maximum atomic E-state index is 10.9. The molecule has 0 spiro atoms. The van der Waals surface area contributed by atoms with Crippen LogP contribution in [0.2, 0.25) is 0 Å². The van der Waals surface area contributed by atoms with Crippen molar-refractivity contribution in [1.82, 2.24) is 4.90 Å². The summed E-state index contributed by atoms with van der Waals surface area (Å²) in [5.41, 5.74) is 2.08. The van der Waals surface area contributed by atoms with E-state index in [9.17, 15) is 10.1 Å². The molecule has 80 valence electrons. The van der Waals surface area contributed by atoms with Gasteiger partial charge in [-0.1, -0.05) is 28.1 Å². The average Bonchev–Trinajstić information content (AvgIpc) is 2.23. The van der Waals surface area contributed by atoms with Crippen molar-refractivity contribution in [2.75, 3.05) is 13.6 Å². The molecule has 4 nitrogen and oxygen atoms in total. The highest BCUT2D eigenvalue weighted by molar-refractivity contribution is 9.09. The highest BCUT2D eigenvalue weighted by Gasteiger charge is 2.29. The van der Waals surface area contributed by atoms with Gasteiger partial charge < -0.3 is 0 Å². The number of hydrogen-bond acceptors (Lipinski definition) is 3. The van der Waals surface area contributed by atoms with Crippen LogP contribution in [0.5, 0.6) is 0 Å². The molecular formula is C10H11BrN2O2. The summed E-state index contributed by atoms with van der Waals surface area (Å²) >= 11 is 3.49. The molecule has 5 heteroatoms. The monoisotopic (exact) mass is 270 g/mol. The fourth-order valence-corrected chi connectivity index (χ4v) is 2.62. The molecule has 0 aromatic heterocycles. The minimum atomic E-state index is -0.313. The number of alkyl halides is 1. The number of rotatable bonds is 1. The van der Waals surface area contributed by atoms with Crippen LogP contribution in [0.1, 0.15) is 16.1 Å². The molecule has 2 rings (SSSR count). The summed E-state index contributed by atoms with van der Waals surface area (Å²) in [6, 6.07) is 5.28. The van der Waals surface area contributed by atoms with Gasteiger partial charge in [-0.3, -0.25) is 15.0 Å². The predicted octanol–water partition coefficient (Wildman–Crippen LogP) is 2.48. The van der Waals surface area contributed by atoms with Crippen molar-refractivity contribution in [2.45, 2.75) is 11.4 Å². The van der Waals surface area contributed by atoms with E-state index in [1.165, 1.54) is 0 Å². The molecule has 0 aliphatic carbocycles. The summed E-state index contributed by atoms with van der Waals surface area (Å²) in [4.78, 5) is 12.6. The molecule has 1 atom stereocenters. The Labute approximate surface area is 96.2 Å². The van der Waals surface area contributed by atoms with E-state index in [2.05, 4.69) is 20.8 Å². The number of nitro groups is 1. The second-order valence-corrected chi connectivity index (χ2v) is 4.54. The smallest absolute Gasteiger partial charge is 0.275 e. The van der Waals surface area contributed by atoms with Crippen molar-refractivity contribution in [3.05, 3.63) is 39.4 Å². The quantitative estimate of drug-likeness (QED) is 0.341. The Morgan fingerprint density at radius 2 is 2.33 bits per heavy atom. The molecule has 0 bridgehead atoms. The third-order valence-electron chi connectivity index (χ3n) is 2.73. The van der Waals surface area contributed by atoms with Gasteiger partial charge in [-0.05, 0) is 19.0 Å². The lowest BCUT2D eigenvalue weighted by atomic mass is 9.98. The van der Waals surface area contributed by atoms with Gasteiger partial charge in [0.05, 0.1) is 15.4 Å². The Bertz CT molecular complexity index is 408. The zero-order valence-corrected chi connectivity index (χ0v) is 9.90. The summed E-state index contributed by atoms with van der Waals surface area (Å²) in [6.45, 7) is 0.921. The largest absolute Gasteiger partial charge is 0.290 e. The van der Waals surface area contributed by atoms with E-state index < -0.39 is 0 Å². The van der Waals surface area contributed by atoms with Crippen molar-refractivity contribution in [3.63, 3.8) is 0 Å². The van der Waals surface area contributed by atoms with Gasteiger partial charge >= 0.3 is 0 Å². The van der Waals surface area contributed by atoms with E-state index >= 15 is 0 Å². The maximum absolute atomic E-state index is 10.9. The van der Waals surface area contributed by atoms with Crippen LogP contribution in [-0.2, 0) is 6.42 Å². The molecule has 1 aromatic carbocycles. The average molecular weight is 271 g/mol. The molecule has 0 saturated carbocycles. The van der Waals surface area contributed by atoms with E-state index in [1.807, 2.05) is 13.1 Å². The summed E-state index contributed by atoms with van der Waals surface area (Å²) in [5.74, 6) is 0. The van der Waals surface area contributed by atoms with Crippen LogP contribution in [0.4, 0.5) is 5.69 Å². The molecule has 1 aromatic rings. The lowest BCUT2D eigenvalue weighted by Crippen LogP contribution is -2.29. The van der Waals surface area contributed by atoms with Gasteiger partial charge in [-0.2, -0.15) is 0 Å². The Balaban J connectivity index is 2.57. The fraction of sp³-hybridized carbons (Fsp3) is 0.400. The molecule has 0 saturated heterocycles. The molecule has 1 unspecified atom stereocenters. The standard InChI is InChI=1S/C10H11BrN2O2/c1-12-6-5-7-3-2-4-8(13(14)15)9(7)10(12)11/h2-4,10H,5-6H2,1H3. The lowest BCUT2D eigenvalue weighted by molar-refractivity contribution is -0.385. The van der Waals surface area contributed by atoms with Crippen molar-refractivity contribution < 1.29 is 4.92 Å². The second kappa shape index (κ2) is 3.90. The number of fused-ring (bicyclic) bond motifs is 1. The van der Waals surface area contributed by atoms with Crippen molar-refractivity contribution in [2.24, 2.45) is 0 Å². The van der Waals surface area contributed by atoms with Crippen LogP contribution in [0, 0.1) is 10.1 Å². The molecule has 0 amide bonds. The summed E-state index contributed by atoms with van der Waals surface area (Å²) in [5, 5.41) is 10.9. The first-order chi connectivity index (χ1) is 7.11. The van der Waals surface area contributed by atoms with Crippen LogP contribution < -0.4 is 0 Å². The van der Waals surface area contributed by atoms with Gasteiger partial charge in [-0.15, -0.1) is 0 Å². The van der Waals surface area contributed by atoms with E-state index in [1.54, 1.807) is 12.1 Å². The van der Waals surface area contributed by atoms with Crippen LogP contribution in [0.25, 0.3) is 0 Å². The van der Waals surface area contributed by atoms with E-state index in [0.29, 0.717) is 0 Å². The summed E-state index contributed by atoms with van der Waals surface area (Å²) in [7, 11) is 1.96. The molecule has 1 heterocycles. The molecule has 1 aliphatic rings. The topological polar surface area (TPSA) is 46.4 Å². The Kier molecular flexibility index (Phi) is 2.75. The zero-order chi connectivity index (χ0) is 11.0. The Morgan fingerprint density at radius 1 is 1.60 bits per heavy atom. The zero-order valence-electron chi connectivity index (χ0n) is 8.31. The molecule has 0 radical (unpaired) electrons. The second-order valence-electron chi connectivity index (χ2n) is 3.67. The highest BCUT2D eigenvalue weighted by atomic mass is 79.9. The van der Waals surface area contributed by atoms with Gasteiger partial charge in [0.25, 0.3) is 5.69 Å². The normalized spacial score (nSPS) is 21.1. The molecule has 1 aliphatic heterocycles. The van der Waals surface area contributed by atoms with Crippen LogP contribution in [0.3, 0.4) is 0 Å². The number of nitro benzene ring substituents is 1. The van der Waals surface area contributed by atoms with Crippen LogP contribution in [-0.4, -0.2) is 23.4 Å². The van der Waals surface area contributed by atoms with Crippen molar-refractivity contribution >= 4 is 21.6 Å². The lowest BCUT2D eigenvalue weighted by Gasteiger charge is -2.29. The maximum Gasteiger partial charge on any atom is 0.275 e. The van der Waals surface area contributed by atoms with E-state index in [4.69, 9.17) is 0 Å². The number of nitrogens with zero attached hydrogens (tertiary/aromatic N) is 2. The third-order valence-corrected chi connectivity index (χ3v) is 3.89. The van der Waals surface area contributed by atoms with Gasteiger partial charge in [0.2, 0.25) is 0 Å². The number of halogens is 1. The third kappa shape index (κ3) is 1.77. The predicted molar refractivity (Wildman–Crippen MR) is 61.1 cm³/mol. The molecular weight excluding hydrogens is 260 g/mol. The van der Waals surface area contributed by atoms with Crippen LogP contribution in [0.15, 0.2) is 18.2 Å². The first-order valence-corrected chi connectivity index (χ1v) is 5.63. The number of benzene rings is 1. The van der Waals surface area contributed by atoms with E-state index in [-0.39, 0.29) is 15.6 Å². The minimum Gasteiger partial charge on any atom is -0.290 e. The van der Waals surface area contributed by atoms with Gasteiger partial charge in [0.1, 0.15) is 0 Å². The minimum absolute atomic E-state index is 0.0529. The molecule has 0 N–H and O–H groups in total. The van der Waals surface area contributed by atoms with Gasteiger partial charge in [0, 0.05) is 12.6 Å². The van der Waals surface area contributed by atoms with Gasteiger partial charge in [-0.25, -0.2) is 0 Å². The van der Waals surface area contributed by atoms with Crippen molar-refractivity contribution in [3.8, 4) is 0 Å². The fourth-order valence-electron chi connectivity index (χ4n) is 1.88. The summed E-state index contributed by atoms with van der Waals surface area (Å²) in [6.07, 6.45) is 0.871. The number of likely N-dealkylation sites (N-methyl/N-ethyl adjacent to an activating group) is 1. The number of hydrogen-bond donors (Lipinski definition) is 0. The molecule has 0 fully saturated rings. The van der Waals surface area contributed by atoms with E-state index in [0.717, 1.165) is 24.1 Å². The Hall–Kier alpha value is -0.940.